The van der Waals surface area contributed by atoms with Crippen molar-refractivity contribution in [1.82, 2.24) is 9.21 Å². The molecule has 0 saturated carbocycles. The Hall–Kier alpha value is -1.93. The summed E-state index contributed by atoms with van der Waals surface area (Å²) in [5.74, 6) is -0.0701. The molecule has 1 atom stereocenters. The first-order chi connectivity index (χ1) is 12.1. The fourth-order valence-electron chi connectivity index (χ4n) is 2.74. The van der Waals surface area contributed by atoms with Gasteiger partial charge in [0.1, 0.15) is 0 Å². The van der Waals surface area contributed by atoms with Gasteiger partial charge in [-0.05, 0) is 36.6 Å². The molecule has 8 heteroatoms. The van der Waals surface area contributed by atoms with Gasteiger partial charge in [0.2, 0.25) is 21.8 Å². The number of nitrogens with zero attached hydrogens (tertiary/aromatic N) is 2. The smallest absolute Gasteiger partial charge is 0.242 e. The maximum Gasteiger partial charge on any atom is 0.242 e. The van der Waals surface area contributed by atoms with Gasteiger partial charge in [-0.2, -0.15) is 0 Å². The van der Waals surface area contributed by atoms with Crippen LogP contribution in [0.2, 0.25) is 0 Å². The van der Waals surface area contributed by atoms with Crippen molar-refractivity contribution in [2.45, 2.75) is 31.6 Å². The van der Waals surface area contributed by atoms with E-state index in [0.717, 1.165) is 10.7 Å². The molecule has 1 aromatic carbocycles. The zero-order valence-electron chi connectivity index (χ0n) is 15.7. The molecule has 0 spiro atoms. The van der Waals surface area contributed by atoms with Crippen molar-refractivity contribution in [3.63, 3.8) is 0 Å². The molecule has 0 bridgehead atoms. The average molecular weight is 381 g/mol. The summed E-state index contributed by atoms with van der Waals surface area (Å²) in [7, 11) is -0.566. The van der Waals surface area contributed by atoms with E-state index in [0.29, 0.717) is 24.7 Å². The van der Waals surface area contributed by atoms with Gasteiger partial charge in [-0.1, -0.05) is 13.8 Å². The van der Waals surface area contributed by atoms with Gasteiger partial charge in [0.05, 0.1) is 10.8 Å². The Bertz CT molecular complexity index is 757. The van der Waals surface area contributed by atoms with Crippen molar-refractivity contribution in [2.24, 2.45) is 11.8 Å². The summed E-state index contributed by atoms with van der Waals surface area (Å²) in [6.07, 6.45) is 1.14. The lowest BCUT2D eigenvalue weighted by Crippen LogP contribution is -2.29. The van der Waals surface area contributed by atoms with Crippen LogP contribution >= 0.6 is 0 Å². The van der Waals surface area contributed by atoms with E-state index in [2.05, 4.69) is 19.2 Å². The third-order valence-electron chi connectivity index (χ3n) is 4.46. The molecule has 7 nitrogen and oxygen atoms in total. The zero-order valence-corrected chi connectivity index (χ0v) is 16.5. The predicted molar refractivity (Wildman–Crippen MR) is 100 cm³/mol. The number of hydrogen-bond acceptors (Lipinski definition) is 4. The Morgan fingerprint density at radius 2 is 1.88 bits per heavy atom. The molecule has 1 aliphatic heterocycles. The number of likely N-dealkylation sites (tertiary alicyclic amines) is 1. The standard InChI is InChI=1S/C18H27N3O4S/c1-13(2)9-10-21-12-14(11-17(21)22)18(23)19-15-5-7-16(8-6-15)26(24,25)20(3)4/h5-8,13-14H,9-12H2,1-4H3,(H,19,23). The van der Waals surface area contributed by atoms with Crippen molar-refractivity contribution < 1.29 is 18.0 Å². The quantitative estimate of drug-likeness (QED) is 0.780. The molecule has 0 aromatic heterocycles. The van der Waals surface area contributed by atoms with E-state index in [1.807, 2.05) is 0 Å². The van der Waals surface area contributed by atoms with Crippen LogP contribution in [-0.4, -0.2) is 56.6 Å². The van der Waals surface area contributed by atoms with Gasteiger partial charge in [0.25, 0.3) is 0 Å². The zero-order chi connectivity index (χ0) is 19.5. The highest BCUT2D eigenvalue weighted by molar-refractivity contribution is 7.89. The largest absolute Gasteiger partial charge is 0.342 e. The molecule has 144 valence electrons. The molecule has 1 aromatic rings. The predicted octanol–water partition coefficient (Wildman–Crippen LogP) is 1.77. The van der Waals surface area contributed by atoms with Gasteiger partial charge >= 0.3 is 0 Å². The minimum absolute atomic E-state index is 0.0122. The fourth-order valence-corrected chi connectivity index (χ4v) is 3.64. The maximum absolute atomic E-state index is 12.4. The van der Waals surface area contributed by atoms with Crippen LogP contribution in [0.25, 0.3) is 0 Å². The summed E-state index contributed by atoms with van der Waals surface area (Å²) in [5, 5.41) is 2.77. The first-order valence-electron chi connectivity index (χ1n) is 8.72. The Morgan fingerprint density at radius 1 is 1.27 bits per heavy atom. The second-order valence-electron chi connectivity index (χ2n) is 7.22. The SMILES string of the molecule is CC(C)CCN1CC(C(=O)Nc2ccc(S(=O)(=O)N(C)C)cc2)CC1=O. The Labute approximate surface area is 155 Å². The first-order valence-corrected chi connectivity index (χ1v) is 10.2. The monoisotopic (exact) mass is 381 g/mol. The van der Waals surface area contributed by atoms with E-state index in [-0.39, 0.29) is 29.0 Å². The lowest BCUT2D eigenvalue weighted by Gasteiger charge is -2.17. The van der Waals surface area contributed by atoms with Gasteiger partial charge < -0.3 is 10.2 Å². The fraction of sp³-hybridized carbons (Fsp3) is 0.556. The first kappa shape index (κ1) is 20.4. The van der Waals surface area contributed by atoms with E-state index in [4.69, 9.17) is 0 Å². The minimum Gasteiger partial charge on any atom is -0.342 e. The average Bonchev–Trinajstić information content (AvgIpc) is 2.94. The molecule has 0 aliphatic carbocycles. The van der Waals surface area contributed by atoms with Crippen LogP contribution in [0.4, 0.5) is 5.69 Å². The molecule has 26 heavy (non-hydrogen) atoms. The second-order valence-corrected chi connectivity index (χ2v) is 9.38. The number of nitrogens with one attached hydrogen (secondary N) is 1. The van der Waals surface area contributed by atoms with Crippen molar-refractivity contribution in [3.8, 4) is 0 Å². The van der Waals surface area contributed by atoms with Crippen LogP contribution in [0, 0.1) is 11.8 Å². The van der Waals surface area contributed by atoms with E-state index in [9.17, 15) is 18.0 Å². The van der Waals surface area contributed by atoms with Gasteiger partial charge in [0.15, 0.2) is 0 Å². The number of rotatable bonds is 7. The third-order valence-corrected chi connectivity index (χ3v) is 6.29. The molecular weight excluding hydrogens is 354 g/mol. The molecule has 1 heterocycles. The number of sulfonamides is 1. The van der Waals surface area contributed by atoms with Crippen LogP contribution < -0.4 is 5.32 Å². The van der Waals surface area contributed by atoms with Gasteiger partial charge in [0, 0.05) is 39.3 Å². The Morgan fingerprint density at radius 3 is 2.42 bits per heavy atom. The molecule has 1 N–H and O–H groups in total. The normalized spacial score (nSPS) is 18.0. The summed E-state index contributed by atoms with van der Waals surface area (Å²) >= 11 is 0. The topological polar surface area (TPSA) is 86.8 Å². The minimum atomic E-state index is -3.50. The Balaban J connectivity index is 1.97. The summed E-state index contributed by atoms with van der Waals surface area (Å²) in [6.45, 7) is 5.32. The molecule has 0 radical (unpaired) electrons. The summed E-state index contributed by atoms with van der Waals surface area (Å²) in [4.78, 5) is 26.4. The summed E-state index contributed by atoms with van der Waals surface area (Å²) in [6, 6.07) is 6.03. The molecule has 1 fully saturated rings. The lowest BCUT2D eigenvalue weighted by atomic mass is 10.1. The number of carbonyl (C=O) groups is 2. The van der Waals surface area contributed by atoms with Gasteiger partial charge in [-0.25, -0.2) is 12.7 Å². The van der Waals surface area contributed by atoms with Crippen LogP contribution in [0.15, 0.2) is 29.2 Å². The number of benzene rings is 1. The summed E-state index contributed by atoms with van der Waals surface area (Å²) < 4.78 is 25.2. The van der Waals surface area contributed by atoms with E-state index in [1.54, 1.807) is 17.0 Å². The highest BCUT2D eigenvalue weighted by Gasteiger charge is 2.34. The summed E-state index contributed by atoms with van der Waals surface area (Å²) in [5.41, 5.74) is 0.515. The Kier molecular flexibility index (Phi) is 6.41. The molecule has 2 rings (SSSR count). The number of anilines is 1. The van der Waals surface area contributed by atoms with Crippen LogP contribution in [0.3, 0.4) is 0 Å². The second kappa shape index (κ2) is 8.18. The highest BCUT2D eigenvalue weighted by atomic mass is 32.2. The number of carbonyl (C=O) groups excluding carboxylic acids is 2. The van der Waals surface area contributed by atoms with Crippen LogP contribution in [-0.2, 0) is 19.6 Å². The van der Waals surface area contributed by atoms with E-state index >= 15 is 0 Å². The molecule has 2 amide bonds. The molecular formula is C18H27N3O4S. The molecule has 1 unspecified atom stereocenters. The van der Waals surface area contributed by atoms with Crippen molar-refractivity contribution in [2.75, 3.05) is 32.5 Å². The molecule has 1 aliphatic rings. The van der Waals surface area contributed by atoms with Gasteiger partial charge in [-0.15, -0.1) is 0 Å². The number of hydrogen-bond donors (Lipinski definition) is 1. The third kappa shape index (κ3) is 4.82. The van der Waals surface area contributed by atoms with Crippen LogP contribution in [0.5, 0.6) is 0 Å². The lowest BCUT2D eigenvalue weighted by molar-refractivity contribution is -0.128. The van der Waals surface area contributed by atoms with Crippen molar-refractivity contribution >= 4 is 27.5 Å². The van der Waals surface area contributed by atoms with E-state index < -0.39 is 10.0 Å². The van der Waals surface area contributed by atoms with Crippen LogP contribution in [0.1, 0.15) is 26.7 Å². The van der Waals surface area contributed by atoms with E-state index in [1.165, 1.54) is 26.2 Å². The molecule has 1 saturated heterocycles. The van der Waals surface area contributed by atoms with Crippen molar-refractivity contribution in [1.29, 1.82) is 0 Å². The highest BCUT2D eigenvalue weighted by Crippen LogP contribution is 2.22. The maximum atomic E-state index is 12.4. The van der Waals surface area contributed by atoms with Gasteiger partial charge in [-0.3, -0.25) is 9.59 Å². The van der Waals surface area contributed by atoms with Crippen molar-refractivity contribution in [3.05, 3.63) is 24.3 Å². The number of amides is 2.